The van der Waals surface area contributed by atoms with E-state index in [9.17, 15) is 9.59 Å². The minimum atomic E-state index is -2.78. The van der Waals surface area contributed by atoms with E-state index in [1.807, 2.05) is 5.92 Å². The quantitative estimate of drug-likeness (QED) is 0.400. The molecule has 0 aliphatic heterocycles. The predicted octanol–water partition coefficient (Wildman–Crippen LogP) is -0.323. The van der Waals surface area contributed by atoms with Crippen LogP contribution in [0.4, 0.5) is 0 Å². The van der Waals surface area contributed by atoms with E-state index < -0.39 is 17.5 Å². The van der Waals surface area contributed by atoms with Crippen molar-refractivity contribution >= 4 is 34.8 Å². The molecular weight excluding hydrogens is 231 g/mol. The van der Waals surface area contributed by atoms with Gasteiger partial charge in [0.1, 0.15) is 0 Å². The number of carbonyl (C=O) groups excluding carboxylic acids is 2. The molecule has 0 saturated heterocycles. The number of halogens is 2. The molecule has 0 aromatic carbocycles. The average molecular weight is 239 g/mol. The molecular formula is C8H8Cl2O4. The van der Waals surface area contributed by atoms with Crippen molar-refractivity contribution in [3.05, 3.63) is 0 Å². The van der Waals surface area contributed by atoms with Crippen LogP contribution < -0.4 is 0 Å². The van der Waals surface area contributed by atoms with Crippen LogP contribution >= 0.6 is 23.2 Å². The Morgan fingerprint density at radius 2 is 1.79 bits per heavy atom. The van der Waals surface area contributed by atoms with Gasteiger partial charge in [-0.3, -0.25) is 9.59 Å². The molecule has 2 N–H and O–H groups in total. The smallest absolute Gasteiger partial charge is 0.291 e. The Labute approximate surface area is 90.8 Å². The van der Waals surface area contributed by atoms with Crippen LogP contribution in [0.15, 0.2) is 0 Å². The van der Waals surface area contributed by atoms with Gasteiger partial charge in [0.15, 0.2) is 5.78 Å². The number of alkyl halides is 2. The average Bonchev–Trinajstić information content (AvgIpc) is 2.15. The van der Waals surface area contributed by atoms with Gasteiger partial charge in [-0.1, -0.05) is 5.92 Å². The van der Waals surface area contributed by atoms with Crippen LogP contribution in [0.2, 0.25) is 0 Å². The SMILES string of the molecule is O=C(CCl)CC#CC(O)(O)C(=O)CCl. The number of hydrogen-bond acceptors (Lipinski definition) is 4. The van der Waals surface area contributed by atoms with Crippen LogP contribution in [-0.4, -0.2) is 39.3 Å². The lowest BCUT2D eigenvalue weighted by molar-refractivity contribution is -0.159. The highest BCUT2D eigenvalue weighted by atomic mass is 35.5. The summed E-state index contributed by atoms with van der Waals surface area (Å²) in [5.74, 6) is -1.01. The highest BCUT2D eigenvalue weighted by molar-refractivity contribution is 6.29. The van der Waals surface area contributed by atoms with E-state index in [0.29, 0.717) is 0 Å². The maximum absolute atomic E-state index is 10.7. The van der Waals surface area contributed by atoms with Gasteiger partial charge >= 0.3 is 0 Å². The van der Waals surface area contributed by atoms with Gasteiger partial charge in [-0.2, -0.15) is 0 Å². The highest BCUT2D eigenvalue weighted by Crippen LogP contribution is 2.01. The number of hydrogen-bond donors (Lipinski definition) is 2. The number of ketones is 2. The third-order valence-corrected chi connectivity index (χ3v) is 1.75. The molecule has 14 heavy (non-hydrogen) atoms. The maximum atomic E-state index is 10.7. The van der Waals surface area contributed by atoms with Gasteiger partial charge < -0.3 is 10.2 Å². The normalized spacial score (nSPS) is 10.3. The fourth-order valence-electron chi connectivity index (χ4n) is 0.476. The number of aliphatic hydroxyl groups is 2. The zero-order valence-electron chi connectivity index (χ0n) is 7.09. The van der Waals surface area contributed by atoms with Crippen molar-refractivity contribution in [1.29, 1.82) is 0 Å². The molecule has 0 aromatic heterocycles. The summed E-state index contributed by atoms with van der Waals surface area (Å²) in [7, 11) is 0. The molecule has 4 nitrogen and oxygen atoms in total. The van der Waals surface area contributed by atoms with Crippen molar-refractivity contribution in [2.24, 2.45) is 0 Å². The van der Waals surface area contributed by atoms with Gasteiger partial charge in [0.25, 0.3) is 5.79 Å². The summed E-state index contributed by atoms with van der Waals surface area (Å²) in [6.07, 6.45) is -0.234. The van der Waals surface area contributed by atoms with Crippen molar-refractivity contribution in [2.75, 3.05) is 11.8 Å². The molecule has 0 fully saturated rings. The fraction of sp³-hybridized carbons (Fsp3) is 0.500. The van der Waals surface area contributed by atoms with Crippen LogP contribution in [0.25, 0.3) is 0 Å². The minimum Gasteiger partial charge on any atom is -0.350 e. The van der Waals surface area contributed by atoms with E-state index in [0.717, 1.165) is 0 Å². The molecule has 78 valence electrons. The number of carbonyl (C=O) groups is 2. The van der Waals surface area contributed by atoms with Crippen molar-refractivity contribution in [3.8, 4) is 11.8 Å². The third-order valence-electron chi connectivity index (χ3n) is 1.21. The van der Waals surface area contributed by atoms with Gasteiger partial charge in [0, 0.05) is 0 Å². The third kappa shape index (κ3) is 4.58. The lowest BCUT2D eigenvalue weighted by Crippen LogP contribution is -2.37. The zero-order chi connectivity index (χ0) is 11.2. The van der Waals surface area contributed by atoms with E-state index in [1.54, 1.807) is 0 Å². The van der Waals surface area contributed by atoms with E-state index in [2.05, 4.69) is 5.92 Å². The van der Waals surface area contributed by atoms with Gasteiger partial charge in [-0.15, -0.1) is 23.2 Å². The largest absolute Gasteiger partial charge is 0.350 e. The molecule has 0 unspecified atom stereocenters. The number of rotatable bonds is 4. The second-order valence-corrected chi connectivity index (χ2v) is 2.91. The van der Waals surface area contributed by atoms with Crippen molar-refractivity contribution in [2.45, 2.75) is 12.2 Å². The van der Waals surface area contributed by atoms with Crippen LogP contribution in [-0.2, 0) is 9.59 Å². The van der Waals surface area contributed by atoms with E-state index >= 15 is 0 Å². The van der Waals surface area contributed by atoms with Crippen molar-refractivity contribution in [3.63, 3.8) is 0 Å². The molecule has 0 aliphatic carbocycles. The summed E-state index contributed by atoms with van der Waals surface area (Å²) >= 11 is 10.2. The molecule has 0 bridgehead atoms. The molecule has 0 aromatic rings. The molecule has 0 heterocycles. The summed E-state index contributed by atoms with van der Waals surface area (Å²) in [5, 5.41) is 17.9. The van der Waals surface area contributed by atoms with Crippen molar-refractivity contribution in [1.82, 2.24) is 0 Å². The van der Waals surface area contributed by atoms with Crippen LogP contribution in [0.3, 0.4) is 0 Å². The molecule has 0 atom stereocenters. The van der Waals surface area contributed by atoms with E-state index in [4.69, 9.17) is 33.4 Å². The summed E-state index contributed by atoms with van der Waals surface area (Å²) in [6, 6.07) is 0. The Kier molecular flexibility index (Phi) is 5.73. The van der Waals surface area contributed by atoms with Gasteiger partial charge in [-0.05, 0) is 5.92 Å². The first-order valence-corrected chi connectivity index (χ1v) is 4.62. The Balaban J connectivity index is 4.34. The first kappa shape index (κ1) is 13.4. The molecule has 0 spiro atoms. The fourth-order valence-corrected chi connectivity index (χ4v) is 0.757. The van der Waals surface area contributed by atoms with E-state index in [1.165, 1.54) is 0 Å². The molecule has 6 heteroatoms. The Hall–Kier alpha value is -0.600. The lowest BCUT2D eigenvalue weighted by atomic mass is 10.2. The highest BCUT2D eigenvalue weighted by Gasteiger charge is 2.29. The second-order valence-electron chi connectivity index (χ2n) is 2.38. The molecule has 0 radical (unpaired) electrons. The van der Waals surface area contributed by atoms with Crippen LogP contribution in [0, 0.1) is 11.8 Å². The topological polar surface area (TPSA) is 74.6 Å². The van der Waals surface area contributed by atoms with Gasteiger partial charge in [0.05, 0.1) is 18.2 Å². The van der Waals surface area contributed by atoms with E-state index in [-0.39, 0.29) is 18.1 Å². The minimum absolute atomic E-state index is 0.206. The molecule has 0 rings (SSSR count). The van der Waals surface area contributed by atoms with Crippen molar-refractivity contribution < 1.29 is 19.8 Å². The summed E-state index contributed by atoms with van der Waals surface area (Å²) < 4.78 is 0. The Bertz CT molecular complexity index is 287. The summed E-state index contributed by atoms with van der Waals surface area (Å²) in [6.45, 7) is 0. The Morgan fingerprint density at radius 3 is 2.21 bits per heavy atom. The maximum Gasteiger partial charge on any atom is 0.291 e. The first-order valence-electron chi connectivity index (χ1n) is 3.55. The van der Waals surface area contributed by atoms with Gasteiger partial charge in [-0.25, -0.2) is 0 Å². The van der Waals surface area contributed by atoms with Gasteiger partial charge in [0.2, 0.25) is 5.78 Å². The summed E-state index contributed by atoms with van der Waals surface area (Å²) in [4.78, 5) is 21.4. The zero-order valence-corrected chi connectivity index (χ0v) is 8.60. The summed E-state index contributed by atoms with van der Waals surface area (Å²) in [5.41, 5.74) is 0. The predicted molar refractivity (Wildman–Crippen MR) is 51.0 cm³/mol. The molecule has 0 aliphatic rings. The monoisotopic (exact) mass is 238 g/mol. The number of Topliss-reactive ketones (excluding diaryl/α,β-unsaturated/α-hetero) is 2. The Morgan fingerprint density at radius 1 is 1.21 bits per heavy atom. The molecule has 0 saturated carbocycles. The molecule has 0 amide bonds. The standard InChI is InChI=1S/C8H8Cl2O4/c9-4-6(11)2-1-3-8(13,14)7(12)5-10/h13-14H,2,4-5H2. The second kappa shape index (κ2) is 5.99. The van der Waals surface area contributed by atoms with Crippen LogP contribution in [0.5, 0.6) is 0 Å². The van der Waals surface area contributed by atoms with Crippen LogP contribution in [0.1, 0.15) is 6.42 Å². The lowest BCUT2D eigenvalue weighted by Gasteiger charge is -2.10. The first-order chi connectivity index (χ1) is 6.44.